The summed E-state index contributed by atoms with van der Waals surface area (Å²) >= 11 is 0. The van der Waals surface area contributed by atoms with Crippen LogP contribution in [0.3, 0.4) is 0 Å². The number of carboxylic acids is 1. The number of hydrogen-bond donors (Lipinski definition) is 3. The van der Waals surface area contributed by atoms with Crippen LogP contribution in [0.15, 0.2) is 0 Å². The number of likely N-dealkylation sites (tertiary alicyclic amines) is 1. The van der Waals surface area contributed by atoms with E-state index in [1.54, 1.807) is 0 Å². The zero-order valence-corrected chi connectivity index (χ0v) is 10.2. The molecule has 106 valence electrons. The predicted octanol–water partition coefficient (Wildman–Crippen LogP) is -0.00140. The van der Waals surface area contributed by atoms with Crippen molar-refractivity contribution in [3.8, 4) is 0 Å². The van der Waals surface area contributed by atoms with Crippen LogP contribution in [0.2, 0.25) is 0 Å². The van der Waals surface area contributed by atoms with Crippen molar-refractivity contribution in [2.45, 2.75) is 25.3 Å². The molecule has 1 aliphatic rings. The van der Waals surface area contributed by atoms with E-state index in [4.69, 9.17) is 10.2 Å². The van der Waals surface area contributed by atoms with Crippen molar-refractivity contribution in [1.29, 1.82) is 0 Å². The number of aliphatic hydroxyl groups is 1. The van der Waals surface area contributed by atoms with Gasteiger partial charge in [0, 0.05) is 32.1 Å². The molecule has 0 aliphatic carbocycles. The Hall–Kier alpha value is -0.790. The highest BCUT2D eigenvalue weighted by Gasteiger charge is 2.28. The Balaban J connectivity index is 2.47. The van der Waals surface area contributed by atoms with Crippen molar-refractivity contribution in [2.24, 2.45) is 5.92 Å². The molecule has 5 nitrogen and oxygen atoms in total. The van der Waals surface area contributed by atoms with Crippen molar-refractivity contribution in [3.63, 3.8) is 0 Å². The molecule has 0 spiro atoms. The van der Waals surface area contributed by atoms with E-state index in [0.717, 1.165) is 0 Å². The fourth-order valence-corrected chi connectivity index (χ4v) is 2.43. The fraction of sp³-hybridized carbons (Fsp3) is 0.909. The highest BCUT2D eigenvalue weighted by Crippen LogP contribution is 2.20. The first-order valence-electron chi connectivity index (χ1n) is 6.07. The molecule has 0 aromatic heterocycles. The molecule has 1 saturated heterocycles. The largest absolute Gasteiger partial charge is 0.481 e. The Kier molecular flexibility index (Phi) is 6.45. The van der Waals surface area contributed by atoms with Gasteiger partial charge >= 0.3 is 5.97 Å². The number of nitrogens with one attached hydrogen (secondary N) is 1. The number of hydrogen-bond acceptors (Lipinski definition) is 4. The Labute approximate surface area is 105 Å². The third-order valence-corrected chi connectivity index (χ3v) is 3.05. The Bertz CT molecular complexity index is 267. The number of carbonyl (C=O) groups is 1. The SMILES string of the molecule is O=C(O)CC1CC(NCC(F)F)CN(CCO)C1. The first-order valence-corrected chi connectivity index (χ1v) is 6.07. The van der Waals surface area contributed by atoms with Gasteiger partial charge in [0.05, 0.1) is 13.2 Å². The molecule has 0 amide bonds. The summed E-state index contributed by atoms with van der Waals surface area (Å²) in [6, 6.07) is -0.136. The maximum atomic E-state index is 12.1. The average Bonchev–Trinajstić information content (AvgIpc) is 2.25. The third-order valence-electron chi connectivity index (χ3n) is 3.05. The normalized spacial score (nSPS) is 25.6. The molecule has 0 aromatic rings. The van der Waals surface area contributed by atoms with Gasteiger partial charge in [-0.3, -0.25) is 9.69 Å². The van der Waals surface area contributed by atoms with Crippen LogP contribution in [0.1, 0.15) is 12.8 Å². The highest BCUT2D eigenvalue weighted by molar-refractivity contribution is 5.67. The molecule has 0 saturated carbocycles. The lowest BCUT2D eigenvalue weighted by Gasteiger charge is -2.37. The number of piperidine rings is 1. The van der Waals surface area contributed by atoms with Crippen molar-refractivity contribution in [3.05, 3.63) is 0 Å². The van der Waals surface area contributed by atoms with Gasteiger partial charge in [0.2, 0.25) is 0 Å². The standard InChI is InChI=1S/C11H20F2N2O3/c12-10(13)5-14-9-3-8(4-11(17)18)6-15(7-9)1-2-16/h8-10,14,16H,1-7H2,(H,17,18). The quantitative estimate of drug-likeness (QED) is 0.605. The van der Waals surface area contributed by atoms with E-state index >= 15 is 0 Å². The minimum absolute atomic E-state index is 0.0125. The van der Waals surface area contributed by atoms with Gasteiger partial charge in [-0.05, 0) is 12.3 Å². The molecule has 18 heavy (non-hydrogen) atoms. The lowest BCUT2D eigenvalue weighted by molar-refractivity contribution is -0.138. The molecule has 1 heterocycles. The molecule has 2 atom stereocenters. The summed E-state index contributed by atoms with van der Waals surface area (Å²) in [6.45, 7) is 1.23. The van der Waals surface area contributed by atoms with E-state index in [1.165, 1.54) is 0 Å². The fourth-order valence-electron chi connectivity index (χ4n) is 2.43. The predicted molar refractivity (Wildman–Crippen MR) is 61.7 cm³/mol. The lowest BCUT2D eigenvalue weighted by atomic mass is 9.91. The summed E-state index contributed by atoms with van der Waals surface area (Å²) in [4.78, 5) is 12.6. The lowest BCUT2D eigenvalue weighted by Crippen LogP contribution is -2.51. The van der Waals surface area contributed by atoms with Gasteiger partial charge in [-0.25, -0.2) is 8.78 Å². The van der Waals surface area contributed by atoms with Crippen molar-refractivity contribution in [2.75, 3.05) is 32.8 Å². The second-order valence-corrected chi connectivity index (χ2v) is 4.68. The topological polar surface area (TPSA) is 72.8 Å². The molecule has 0 radical (unpaired) electrons. The van der Waals surface area contributed by atoms with Gasteiger partial charge in [0.15, 0.2) is 0 Å². The Morgan fingerprint density at radius 1 is 1.44 bits per heavy atom. The van der Waals surface area contributed by atoms with Crippen LogP contribution in [-0.2, 0) is 4.79 Å². The first-order chi connectivity index (χ1) is 8.51. The summed E-state index contributed by atoms with van der Waals surface area (Å²) in [6.07, 6.45) is -1.79. The Morgan fingerprint density at radius 3 is 2.72 bits per heavy atom. The number of carboxylic acid groups (broad SMARTS) is 1. The van der Waals surface area contributed by atoms with Crippen molar-refractivity contribution >= 4 is 5.97 Å². The molecule has 2 unspecified atom stereocenters. The number of halogens is 2. The summed E-state index contributed by atoms with van der Waals surface area (Å²) in [5.41, 5.74) is 0. The second kappa shape index (κ2) is 7.60. The van der Waals surface area contributed by atoms with Crippen LogP contribution in [0.25, 0.3) is 0 Å². The van der Waals surface area contributed by atoms with Crippen molar-refractivity contribution in [1.82, 2.24) is 10.2 Å². The van der Waals surface area contributed by atoms with Crippen LogP contribution < -0.4 is 5.32 Å². The second-order valence-electron chi connectivity index (χ2n) is 4.68. The summed E-state index contributed by atoms with van der Waals surface area (Å²) in [7, 11) is 0. The molecule has 1 rings (SSSR count). The van der Waals surface area contributed by atoms with E-state index in [1.807, 2.05) is 4.90 Å². The molecule has 0 aromatic carbocycles. The van der Waals surface area contributed by atoms with Crippen LogP contribution in [-0.4, -0.2) is 66.3 Å². The average molecular weight is 266 g/mol. The monoisotopic (exact) mass is 266 g/mol. The van der Waals surface area contributed by atoms with Crippen LogP contribution in [0.4, 0.5) is 8.78 Å². The van der Waals surface area contributed by atoms with Crippen molar-refractivity contribution < 1.29 is 23.8 Å². The first kappa shape index (κ1) is 15.3. The van der Waals surface area contributed by atoms with Crippen LogP contribution >= 0.6 is 0 Å². The minimum atomic E-state index is -2.41. The molecule has 1 aliphatic heterocycles. The van der Waals surface area contributed by atoms with E-state index < -0.39 is 12.4 Å². The highest BCUT2D eigenvalue weighted by atomic mass is 19.3. The molecule has 3 N–H and O–H groups in total. The Morgan fingerprint density at radius 2 is 2.17 bits per heavy atom. The van der Waals surface area contributed by atoms with E-state index in [0.29, 0.717) is 26.1 Å². The summed E-state index contributed by atoms with van der Waals surface area (Å²) < 4.78 is 24.3. The molecule has 1 fully saturated rings. The van der Waals surface area contributed by atoms with E-state index in [-0.39, 0.29) is 31.5 Å². The zero-order chi connectivity index (χ0) is 13.5. The number of β-amino-alcohol motifs (C(OH)–C–C–N with tert-alkyl or cyclic N) is 1. The van der Waals surface area contributed by atoms with Gasteiger partial charge in [-0.15, -0.1) is 0 Å². The third kappa shape index (κ3) is 5.70. The van der Waals surface area contributed by atoms with E-state index in [9.17, 15) is 13.6 Å². The van der Waals surface area contributed by atoms with Gasteiger partial charge < -0.3 is 15.5 Å². The zero-order valence-electron chi connectivity index (χ0n) is 10.2. The maximum absolute atomic E-state index is 12.1. The van der Waals surface area contributed by atoms with Gasteiger partial charge in [-0.2, -0.15) is 0 Å². The van der Waals surface area contributed by atoms with Crippen LogP contribution in [0.5, 0.6) is 0 Å². The number of rotatable bonds is 7. The van der Waals surface area contributed by atoms with Gasteiger partial charge in [0.1, 0.15) is 0 Å². The van der Waals surface area contributed by atoms with Gasteiger partial charge in [0.25, 0.3) is 6.43 Å². The van der Waals surface area contributed by atoms with E-state index in [2.05, 4.69) is 5.32 Å². The molecular formula is C11H20F2N2O3. The smallest absolute Gasteiger partial charge is 0.303 e. The van der Waals surface area contributed by atoms with Crippen LogP contribution in [0, 0.1) is 5.92 Å². The number of alkyl halides is 2. The summed E-state index contributed by atoms with van der Waals surface area (Å²) in [5, 5.41) is 20.4. The van der Waals surface area contributed by atoms with Gasteiger partial charge in [-0.1, -0.05) is 0 Å². The number of aliphatic carboxylic acids is 1. The number of aliphatic hydroxyl groups excluding tert-OH is 1. The number of nitrogens with zero attached hydrogens (tertiary/aromatic N) is 1. The molecule has 0 bridgehead atoms. The molecule has 7 heteroatoms. The minimum Gasteiger partial charge on any atom is -0.481 e. The summed E-state index contributed by atoms with van der Waals surface area (Å²) in [5.74, 6) is -0.934. The maximum Gasteiger partial charge on any atom is 0.303 e. The molecular weight excluding hydrogens is 246 g/mol.